The molecule has 10 nitrogen and oxygen atoms in total. The van der Waals surface area contributed by atoms with E-state index in [4.69, 9.17) is 13.9 Å². The molecular weight excluding hydrogens is 365 g/mol. The maximum absolute atomic E-state index is 12.9. The van der Waals surface area contributed by atoms with Crippen molar-refractivity contribution in [3.05, 3.63) is 34.4 Å². The van der Waals surface area contributed by atoms with Crippen molar-refractivity contribution in [2.45, 2.75) is 32.2 Å². The molecule has 0 aliphatic carbocycles. The molecule has 1 fully saturated rings. The molecule has 1 aliphatic rings. The van der Waals surface area contributed by atoms with Gasteiger partial charge < -0.3 is 14.4 Å². The van der Waals surface area contributed by atoms with E-state index in [1.807, 2.05) is 0 Å². The Bertz CT molecular complexity index is 687. The van der Waals surface area contributed by atoms with Crippen LogP contribution < -0.4 is 5.32 Å². The highest BCUT2D eigenvalue weighted by Gasteiger charge is 2.48. The molecule has 2 rings (SSSR count). The number of rotatable bonds is 8. The van der Waals surface area contributed by atoms with E-state index in [1.54, 1.807) is 20.9 Å². The zero-order valence-electron chi connectivity index (χ0n) is 14.8. The number of nitro groups is 1. The Kier molecular flexibility index (Phi) is 6.85. The summed E-state index contributed by atoms with van der Waals surface area (Å²) in [5.41, 5.74) is 0.322. The average molecular weight is 387 g/mol. The van der Waals surface area contributed by atoms with Crippen LogP contribution in [-0.4, -0.2) is 48.0 Å². The number of nitrogens with one attached hydrogen (secondary N) is 1. The lowest BCUT2D eigenvalue weighted by atomic mass is 10.2. The summed E-state index contributed by atoms with van der Waals surface area (Å²) in [6, 6.07) is 5.44. The van der Waals surface area contributed by atoms with Gasteiger partial charge in [-0.2, -0.15) is 5.06 Å². The number of nitrogens with zero attached hydrogens (tertiary/aromatic N) is 2. The second-order valence-corrected chi connectivity index (χ2v) is 7.72. The van der Waals surface area contributed by atoms with E-state index >= 15 is 0 Å². The van der Waals surface area contributed by atoms with Crippen LogP contribution in [0.15, 0.2) is 24.3 Å². The number of amides is 1. The lowest BCUT2D eigenvalue weighted by molar-refractivity contribution is -0.384. The summed E-state index contributed by atoms with van der Waals surface area (Å²) in [7, 11) is -1.89. The molecule has 1 aromatic rings. The van der Waals surface area contributed by atoms with Crippen molar-refractivity contribution in [2.75, 3.05) is 25.6 Å². The molecule has 26 heavy (non-hydrogen) atoms. The Labute approximate surface area is 151 Å². The Hall–Kier alpha value is -1.84. The minimum atomic E-state index is -3.45. The van der Waals surface area contributed by atoms with Gasteiger partial charge in [0.05, 0.1) is 18.1 Å². The number of non-ortho nitro benzene ring substituents is 1. The quantitative estimate of drug-likeness (QED) is 0.411. The number of hydrogen-bond donors (Lipinski definition) is 1. The first kappa shape index (κ1) is 20.5. The number of carbonyl (C=O) groups is 1. The Balaban J connectivity index is 2.04. The molecular formula is C15H22N3O7P. The van der Waals surface area contributed by atoms with E-state index in [2.05, 4.69) is 5.32 Å². The van der Waals surface area contributed by atoms with Crippen LogP contribution in [0.25, 0.3) is 0 Å². The number of nitro benzene ring substituents is 1. The van der Waals surface area contributed by atoms with Crippen LogP contribution in [-0.2, 0) is 23.2 Å². The fourth-order valence-electron chi connectivity index (χ4n) is 2.60. The van der Waals surface area contributed by atoms with Gasteiger partial charge in [-0.15, -0.1) is 0 Å². The summed E-state index contributed by atoms with van der Waals surface area (Å²) in [5, 5.41) is 14.6. The minimum Gasteiger partial charge on any atom is -0.324 e. The molecule has 144 valence electrons. The van der Waals surface area contributed by atoms with E-state index in [-0.39, 0.29) is 25.3 Å². The van der Waals surface area contributed by atoms with Crippen molar-refractivity contribution < 1.29 is 28.2 Å². The van der Waals surface area contributed by atoms with Crippen molar-refractivity contribution in [1.29, 1.82) is 0 Å². The molecule has 0 spiro atoms. The van der Waals surface area contributed by atoms with Gasteiger partial charge >= 0.3 is 7.60 Å². The highest BCUT2D eigenvalue weighted by molar-refractivity contribution is 7.54. The molecule has 1 aromatic carbocycles. The largest absolute Gasteiger partial charge is 0.350 e. The summed E-state index contributed by atoms with van der Waals surface area (Å²) in [4.78, 5) is 28.0. The van der Waals surface area contributed by atoms with Crippen molar-refractivity contribution in [1.82, 2.24) is 5.06 Å². The van der Waals surface area contributed by atoms with Crippen LogP contribution in [0.1, 0.15) is 20.3 Å². The molecule has 11 heteroatoms. The van der Waals surface area contributed by atoms with Crippen LogP contribution in [0.2, 0.25) is 0 Å². The van der Waals surface area contributed by atoms with Crippen LogP contribution in [0.4, 0.5) is 11.4 Å². The number of hydroxylamine groups is 2. The zero-order valence-corrected chi connectivity index (χ0v) is 15.7. The summed E-state index contributed by atoms with van der Waals surface area (Å²) in [5.74, 6) is -1.15. The first-order chi connectivity index (χ1) is 12.3. The molecule has 1 heterocycles. The van der Waals surface area contributed by atoms with E-state index in [0.29, 0.717) is 5.69 Å². The first-order valence-electron chi connectivity index (χ1n) is 8.14. The lowest BCUT2D eigenvalue weighted by Gasteiger charge is -2.25. The average Bonchev–Trinajstić information content (AvgIpc) is 2.98. The molecule has 0 radical (unpaired) electrons. The third-order valence-corrected chi connectivity index (χ3v) is 6.26. The minimum absolute atomic E-state index is 0.0747. The normalized spacial score (nSPS) is 20.9. The predicted molar refractivity (Wildman–Crippen MR) is 93.6 cm³/mol. The third kappa shape index (κ3) is 4.66. The standard InChI is InChI=1S/C15H22N3O7P/c1-4-23-26(22,24-5-2)14-10-13(25-17(14)3)15(19)16-11-6-8-12(9-7-11)18(20)21/h6-9,13-14H,4-5,10H2,1-3H3,(H,16,19)/t13-,14+/m1/s1. The molecule has 1 aliphatic heterocycles. The monoisotopic (exact) mass is 387 g/mol. The second kappa shape index (κ2) is 8.70. The highest BCUT2D eigenvalue weighted by Crippen LogP contribution is 2.57. The Morgan fingerprint density at radius 2 is 1.92 bits per heavy atom. The molecule has 0 unspecified atom stereocenters. The first-order valence-corrected chi connectivity index (χ1v) is 9.75. The molecule has 0 bridgehead atoms. The topological polar surface area (TPSA) is 120 Å². The predicted octanol–water partition coefficient (Wildman–Crippen LogP) is 2.76. The zero-order chi connectivity index (χ0) is 19.3. The Morgan fingerprint density at radius 3 is 2.42 bits per heavy atom. The van der Waals surface area contributed by atoms with Crippen LogP contribution in [0.3, 0.4) is 0 Å². The van der Waals surface area contributed by atoms with Crippen molar-refractivity contribution in [3.8, 4) is 0 Å². The van der Waals surface area contributed by atoms with E-state index < -0.39 is 30.3 Å². The smallest absolute Gasteiger partial charge is 0.324 e. The number of hydrogen-bond acceptors (Lipinski definition) is 8. The molecule has 0 aromatic heterocycles. The number of anilines is 1. The van der Waals surface area contributed by atoms with Crippen LogP contribution in [0.5, 0.6) is 0 Å². The summed E-state index contributed by atoms with van der Waals surface area (Å²) < 4.78 is 23.5. The summed E-state index contributed by atoms with van der Waals surface area (Å²) in [6.45, 7) is 3.84. The fraction of sp³-hybridized carbons (Fsp3) is 0.533. The van der Waals surface area contributed by atoms with Gasteiger partial charge in [0, 0.05) is 31.3 Å². The van der Waals surface area contributed by atoms with Gasteiger partial charge in [0.1, 0.15) is 5.78 Å². The molecule has 1 saturated heterocycles. The van der Waals surface area contributed by atoms with E-state index in [9.17, 15) is 19.5 Å². The van der Waals surface area contributed by atoms with Crippen molar-refractivity contribution in [3.63, 3.8) is 0 Å². The highest BCUT2D eigenvalue weighted by atomic mass is 31.2. The summed E-state index contributed by atoms with van der Waals surface area (Å²) in [6.07, 6.45) is -0.749. The van der Waals surface area contributed by atoms with E-state index in [1.165, 1.54) is 29.3 Å². The van der Waals surface area contributed by atoms with E-state index in [0.717, 1.165) is 0 Å². The molecule has 1 N–H and O–H groups in total. The van der Waals surface area contributed by atoms with Gasteiger partial charge in [-0.3, -0.25) is 24.3 Å². The molecule has 1 amide bonds. The summed E-state index contributed by atoms with van der Waals surface area (Å²) >= 11 is 0. The van der Waals surface area contributed by atoms with Gasteiger partial charge in [-0.25, -0.2) is 0 Å². The van der Waals surface area contributed by atoms with Crippen LogP contribution in [0, 0.1) is 10.1 Å². The molecule has 0 saturated carbocycles. The van der Waals surface area contributed by atoms with Crippen molar-refractivity contribution in [2.24, 2.45) is 0 Å². The maximum Gasteiger partial charge on any atom is 0.350 e. The third-order valence-electron chi connectivity index (χ3n) is 3.76. The Morgan fingerprint density at radius 1 is 1.35 bits per heavy atom. The van der Waals surface area contributed by atoms with Crippen LogP contribution >= 0.6 is 7.60 Å². The maximum atomic E-state index is 12.9. The van der Waals surface area contributed by atoms with Gasteiger partial charge in [-0.05, 0) is 26.0 Å². The lowest BCUT2D eigenvalue weighted by Crippen LogP contribution is -2.28. The second-order valence-electron chi connectivity index (χ2n) is 5.53. The van der Waals surface area contributed by atoms with Gasteiger partial charge in [0.25, 0.3) is 11.6 Å². The van der Waals surface area contributed by atoms with Crippen molar-refractivity contribution >= 4 is 24.9 Å². The van der Waals surface area contributed by atoms with Gasteiger partial charge in [0.2, 0.25) is 0 Å². The molecule has 2 atom stereocenters. The SMILES string of the molecule is CCOP(=O)(OCC)[C@H]1C[C@H](C(=O)Nc2ccc([N+](=O)[O-])cc2)ON1C. The number of benzene rings is 1. The fourth-order valence-corrected chi connectivity index (χ4v) is 4.64. The van der Waals surface area contributed by atoms with Gasteiger partial charge in [-0.1, -0.05) is 0 Å². The number of carbonyl (C=O) groups excluding carboxylic acids is 1. The van der Waals surface area contributed by atoms with Gasteiger partial charge in [0.15, 0.2) is 6.10 Å².